The molecule has 2 aromatic carbocycles. The molecule has 0 saturated heterocycles. The van der Waals surface area contributed by atoms with Gasteiger partial charge in [-0.2, -0.15) is 0 Å². The molecule has 2 amide bonds. The number of nitrogens with one attached hydrogen (secondary N) is 2. The number of carbonyl (C=O) groups is 2. The number of benzene rings is 2. The predicted octanol–water partition coefficient (Wildman–Crippen LogP) is 4.76. The highest BCUT2D eigenvalue weighted by Crippen LogP contribution is 2.29. The van der Waals surface area contributed by atoms with Crippen molar-refractivity contribution in [1.82, 2.24) is 15.2 Å². The standard InChI is InChI=1S/C27H33N3O4/c1-18(19-9-11-20(12-10-19)33-16-14-28-26(32)34-27(2,3)4)25(31)30-15-13-22-21-7-5-6-8-23(21)29-24(22)17-30/h5-12,18,29H,13-17H2,1-4H3,(H,28,32). The number of nitrogens with zero attached hydrogens (tertiary/aromatic N) is 1. The summed E-state index contributed by atoms with van der Waals surface area (Å²) in [6, 6.07) is 15.9. The summed E-state index contributed by atoms with van der Waals surface area (Å²) >= 11 is 0. The molecule has 3 aromatic rings. The molecule has 7 heteroatoms. The van der Waals surface area contributed by atoms with E-state index in [1.165, 1.54) is 10.9 Å². The molecule has 1 aliphatic rings. The molecule has 7 nitrogen and oxygen atoms in total. The van der Waals surface area contributed by atoms with E-state index in [9.17, 15) is 9.59 Å². The second-order valence-corrected chi connectivity index (χ2v) is 9.71. The van der Waals surface area contributed by atoms with E-state index in [1.807, 2.05) is 62.9 Å². The summed E-state index contributed by atoms with van der Waals surface area (Å²) in [4.78, 5) is 30.3. The third kappa shape index (κ3) is 5.53. The zero-order chi connectivity index (χ0) is 24.3. The first-order chi connectivity index (χ1) is 16.2. The van der Waals surface area contributed by atoms with Crippen molar-refractivity contribution in [3.05, 3.63) is 65.4 Å². The highest BCUT2D eigenvalue weighted by molar-refractivity contribution is 5.87. The molecule has 1 aromatic heterocycles. The number of ether oxygens (including phenoxy) is 2. The van der Waals surface area contributed by atoms with E-state index in [2.05, 4.69) is 28.5 Å². The Morgan fingerprint density at radius 2 is 1.85 bits per heavy atom. The minimum absolute atomic E-state index is 0.125. The van der Waals surface area contributed by atoms with E-state index in [0.717, 1.165) is 29.7 Å². The van der Waals surface area contributed by atoms with Gasteiger partial charge < -0.3 is 24.7 Å². The Hall–Kier alpha value is -3.48. The summed E-state index contributed by atoms with van der Waals surface area (Å²) < 4.78 is 10.9. The van der Waals surface area contributed by atoms with Gasteiger partial charge in [0, 0.05) is 23.1 Å². The molecule has 34 heavy (non-hydrogen) atoms. The van der Waals surface area contributed by atoms with Gasteiger partial charge in [-0.3, -0.25) is 4.79 Å². The van der Waals surface area contributed by atoms with Gasteiger partial charge in [-0.15, -0.1) is 0 Å². The molecule has 0 radical (unpaired) electrons. The van der Waals surface area contributed by atoms with Crippen LogP contribution in [0.3, 0.4) is 0 Å². The van der Waals surface area contributed by atoms with Crippen LogP contribution in [-0.2, 0) is 22.5 Å². The van der Waals surface area contributed by atoms with E-state index < -0.39 is 11.7 Å². The number of alkyl carbamates (subject to hydrolysis) is 1. The molecule has 1 atom stereocenters. The topological polar surface area (TPSA) is 83.7 Å². The largest absolute Gasteiger partial charge is 0.492 e. The summed E-state index contributed by atoms with van der Waals surface area (Å²) in [5.74, 6) is 0.573. The lowest BCUT2D eigenvalue weighted by molar-refractivity contribution is -0.133. The van der Waals surface area contributed by atoms with E-state index in [0.29, 0.717) is 25.4 Å². The summed E-state index contributed by atoms with van der Waals surface area (Å²) in [5, 5.41) is 3.93. The lowest BCUT2D eigenvalue weighted by atomic mass is 9.97. The number of hydrogen-bond donors (Lipinski definition) is 2. The first-order valence-corrected chi connectivity index (χ1v) is 11.8. The Balaban J connectivity index is 1.29. The number of aromatic nitrogens is 1. The van der Waals surface area contributed by atoms with Crippen LogP contribution in [0.1, 0.15) is 50.4 Å². The minimum atomic E-state index is -0.527. The number of fused-ring (bicyclic) bond motifs is 3. The van der Waals surface area contributed by atoms with Gasteiger partial charge in [-0.25, -0.2) is 4.79 Å². The molecular weight excluding hydrogens is 430 g/mol. The number of para-hydroxylation sites is 1. The van der Waals surface area contributed by atoms with Crippen LogP contribution in [0, 0.1) is 0 Å². The Labute approximate surface area is 200 Å². The summed E-state index contributed by atoms with van der Waals surface area (Å²) in [7, 11) is 0. The highest BCUT2D eigenvalue weighted by atomic mass is 16.6. The molecule has 0 bridgehead atoms. The highest BCUT2D eigenvalue weighted by Gasteiger charge is 2.27. The van der Waals surface area contributed by atoms with Crippen molar-refractivity contribution in [2.45, 2.75) is 52.2 Å². The lowest BCUT2D eigenvalue weighted by Gasteiger charge is -2.29. The first-order valence-electron chi connectivity index (χ1n) is 11.8. The van der Waals surface area contributed by atoms with Gasteiger partial charge in [0.25, 0.3) is 0 Å². The van der Waals surface area contributed by atoms with Crippen molar-refractivity contribution in [2.24, 2.45) is 0 Å². The number of hydrogen-bond acceptors (Lipinski definition) is 4. The predicted molar refractivity (Wildman–Crippen MR) is 132 cm³/mol. The molecule has 0 fully saturated rings. The molecule has 2 N–H and O–H groups in total. The summed E-state index contributed by atoms with van der Waals surface area (Å²) in [6.07, 6.45) is 0.401. The van der Waals surface area contributed by atoms with E-state index >= 15 is 0 Å². The Morgan fingerprint density at radius 1 is 1.12 bits per heavy atom. The fraction of sp³-hybridized carbons (Fsp3) is 0.407. The van der Waals surface area contributed by atoms with Gasteiger partial charge in [0.15, 0.2) is 0 Å². The zero-order valence-corrected chi connectivity index (χ0v) is 20.3. The smallest absolute Gasteiger partial charge is 0.407 e. The molecule has 4 rings (SSSR count). The van der Waals surface area contributed by atoms with Gasteiger partial charge >= 0.3 is 6.09 Å². The molecule has 180 valence electrons. The number of aromatic amines is 1. The molecule has 0 spiro atoms. The Kier molecular flexibility index (Phi) is 6.82. The van der Waals surface area contributed by atoms with Crippen LogP contribution < -0.4 is 10.1 Å². The van der Waals surface area contributed by atoms with Crippen molar-refractivity contribution >= 4 is 22.9 Å². The minimum Gasteiger partial charge on any atom is -0.492 e. The van der Waals surface area contributed by atoms with Crippen molar-refractivity contribution in [3.8, 4) is 5.75 Å². The zero-order valence-electron chi connectivity index (χ0n) is 20.3. The van der Waals surface area contributed by atoms with Crippen molar-refractivity contribution in [1.29, 1.82) is 0 Å². The van der Waals surface area contributed by atoms with Gasteiger partial charge in [0.2, 0.25) is 5.91 Å². The molecule has 1 unspecified atom stereocenters. The maximum Gasteiger partial charge on any atom is 0.407 e. The van der Waals surface area contributed by atoms with Crippen molar-refractivity contribution < 1.29 is 19.1 Å². The fourth-order valence-electron chi connectivity index (χ4n) is 4.29. The summed E-state index contributed by atoms with van der Waals surface area (Å²) in [5.41, 5.74) is 4.02. The molecular formula is C27H33N3O4. The second-order valence-electron chi connectivity index (χ2n) is 9.71. The van der Waals surface area contributed by atoms with Crippen LogP contribution in [0.2, 0.25) is 0 Å². The van der Waals surface area contributed by atoms with Crippen LogP contribution in [0.5, 0.6) is 5.75 Å². The quantitative estimate of drug-likeness (QED) is 0.516. The number of rotatable bonds is 6. The average Bonchev–Trinajstić information content (AvgIpc) is 3.18. The average molecular weight is 464 g/mol. The molecule has 0 saturated carbocycles. The fourth-order valence-corrected chi connectivity index (χ4v) is 4.29. The number of H-pyrrole nitrogens is 1. The van der Waals surface area contributed by atoms with Crippen LogP contribution in [0.4, 0.5) is 4.79 Å². The Bertz CT molecular complexity index is 1160. The van der Waals surface area contributed by atoms with Crippen molar-refractivity contribution in [2.75, 3.05) is 19.7 Å². The Morgan fingerprint density at radius 3 is 2.59 bits per heavy atom. The van der Waals surface area contributed by atoms with E-state index in [4.69, 9.17) is 9.47 Å². The normalized spacial score (nSPS) is 14.4. The first kappa shape index (κ1) is 23.7. The monoisotopic (exact) mass is 463 g/mol. The second kappa shape index (κ2) is 9.79. The SMILES string of the molecule is CC(C(=O)N1CCc2c([nH]c3ccccc23)C1)c1ccc(OCCNC(=O)OC(C)(C)C)cc1. The van der Waals surface area contributed by atoms with Crippen LogP contribution in [-0.4, -0.2) is 47.2 Å². The number of amides is 2. The van der Waals surface area contributed by atoms with Gasteiger partial charge in [-0.05, 0) is 63.4 Å². The van der Waals surface area contributed by atoms with Gasteiger partial charge in [-0.1, -0.05) is 30.3 Å². The van der Waals surface area contributed by atoms with Crippen LogP contribution in [0.25, 0.3) is 10.9 Å². The van der Waals surface area contributed by atoms with Crippen molar-refractivity contribution in [3.63, 3.8) is 0 Å². The third-order valence-corrected chi connectivity index (χ3v) is 5.98. The van der Waals surface area contributed by atoms with E-state index in [-0.39, 0.29) is 11.8 Å². The van der Waals surface area contributed by atoms with Crippen LogP contribution >= 0.6 is 0 Å². The van der Waals surface area contributed by atoms with Crippen LogP contribution in [0.15, 0.2) is 48.5 Å². The summed E-state index contributed by atoms with van der Waals surface area (Å²) in [6.45, 7) is 9.42. The lowest BCUT2D eigenvalue weighted by Crippen LogP contribution is -2.38. The van der Waals surface area contributed by atoms with Gasteiger partial charge in [0.05, 0.1) is 19.0 Å². The van der Waals surface area contributed by atoms with E-state index in [1.54, 1.807) is 0 Å². The number of carbonyl (C=O) groups excluding carboxylic acids is 2. The molecule has 0 aliphatic carbocycles. The third-order valence-electron chi connectivity index (χ3n) is 5.98. The molecule has 2 heterocycles. The maximum atomic E-state index is 13.2. The molecule has 1 aliphatic heterocycles. The van der Waals surface area contributed by atoms with Gasteiger partial charge in [0.1, 0.15) is 18.0 Å². The maximum absolute atomic E-state index is 13.2.